The van der Waals surface area contributed by atoms with E-state index in [1.54, 1.807) is 0 Å². The lowest BCUT2D eigenvalue weighted by Gasteiger charge is -2.05. The molecule has 19 heavy (non-hydrogen) atoms. The van der Waals surface area contributed by atoms with Crippen molar-refractivity contribution in [3.05, 3.63) is 42.0 Å². The van der Waals surface area contributed by atoms with Crippen molar-refractivity contribution in [3.8, 4) is 0 Å². The molecule has 2 rings (SSSR count). The number of amides is 1. The van der Waals surface area contributed by atoms with Crippen molar-refractivity contribution in [3.63, 3.8) is 0 Å². The summed E-state index contributed by atoms with van der Waals surface area (Å²) in [7, 11) is -3.99. The second-order valence-electron chi connectivity index (χ2n) is 3.53. The van der Waals surface area contributed by atoms with Crippen molar-refractivity contribution in [2.24, 2.45) is 5.14 Å². The number of carbonyl (C=O) groups is 1. The predicted octanol–water partition coefficient (Wildman–Crippen LogP) is 0.713. The fourth-order valence-corrected chi connectivity index (χ4v) is 1.82. The van der Waals surface area contributed by atoms with Crippen LogP contribution in [0.4, 0.5) is 10.1 Å². The fraction of sp³-hybridized carbons (Fsp3) is 0. The van der Waals surface area contributed by atoms with E-state index in [2.05, 4.69) is 15.0 Å². The first kappa shape index (κ1) is 13.2. The van der Waals surface area contributed by atoms with Gasteiger partial charge in [-0.1, -0.05) is 5.16 Å². The maximum Gasteiger partial charge on any atom is 0.277 e. The summed E-state index contributed by atoms with van der Waals surface area (Å²) in [4.78, 5) is 11.2. The number of primary sulfonamides is 1. The van der Waals surface area contributed by atoms with Crippen LogP contribution in [0.15, 0.2) is 39.9 Å². The van der Waals surface area contributed by atoms with E-state index in [1.807, 2.05) is 0 Å². The molecule has 100 valence electrons. The molecule has 0 spiro atoms. The van der Waals surface area contributed by atoms with Gasteiger partial charge in [-0.3, -0.25) is 4.79 Å². The Bertz CT molecular complexity index is 712. The SMILES string of the molecule is NS(=O)(=O)c1ccc(NC(=O)c2ccon2)c(F)c1. The summed E-state index contributed by atoms with van der Waals surface area (Å²) in [5.41, 5.74) is -0.227. The van der Waals surface area contributed by atoms with E-state index in [0.717, 1.165) is 12.1 Å². The van der Waals surface area contributed by atoms with Gasteiger partial charge in [0.15, 0.2) is 5.69 Å². The van der Waals surface area contributed by atoms with Crippen LogP contribution in [0.25, 0.3) is 0 Å². The van der Waals surface area contributed by atoms with Gasteiger partial charge in [0, 0.05) is 6.07 Å². The molecule has 0 radical (unpaired) electrons. The standard InChI is InChI=1S/C10H8FN3O4S/c11-7-5-6(19(12,16)17)1-2-8(7)13-10(15)9-3-4-18-14-9/h1-5H,(H,13,15)(H2,12,16,17). The molecule has 0 bridgehead atoms. The minimum Gasteiger partial charge on any atom is -0.364 e. The largest absolute Gasteiger partial charge is 0.364 e. The van der Waals surface area contributed by atoms with Crippen LogP contribution in [0.5, 0.6) is 0 Å². The van der Waals surface area contributed by atoms with Crippen LogP contribution < -0.4 is 10.5 Å². The first-order valence-electron chi connectivity index (χ1n) is 4.92. The molecule has 0 saturated carbocycles. The van der Waals surface area contributed by atoms with Gasteiger partial charge in [-0.15, -0.1) is 0 Å². The molecule has 0 saturated heterocycles. The summed E-state index contributed by atoms with van der Waals surface area (Å²) in [5.74, 6) is -1.61. The highest BCUT2D eigenvalue weighted by Crippen LogP contribution is 2.18. The van der Waals surface area contributed by atoms with E-state index in [4.69, 9.17) is 5.14 Å². The lowest BCUT2D eigenvalue weighted by atomic mass is 10.3. The minimum absolute atomic E-state index is 0.0325. The number of rotatable bonds is 3. The Balaban J connectivity index is 2.25. The van der Waals surface area contributed by atoms with Gasteiger partial charge in [0.2, 0.25) is 10.0 Å². The zero-order valence-electron chi connectivity index (χ0n) is 9.33. The summed E-state index contributed by atoms with van der Waals surface area (Å²) < 4.78 is 40.1. The molecule has 2 aromatic rings. The highest BCUT2D eigenvalue weighted by molar-refractivity contribution is 7.89. The second kappa shape index (κ2) is 4.78. The van der Waals surface area contributed by atoms with Crippen LogP contribution in [0.1, 0.15) is 10.5 Å². The highest BCUT2D eigenvalue weighted by atomic mass is 32.2. The summed E-state index contributed by atoms with van der Waals surface area (Å²) in [6.45, 7) is 0. The van der Waals surface area contributed by atoms with Crippen molar-refractivity contribution < 1.29 is 22.1 Å². The smallest absolute Gasteiger partial charge is 0.277 e. The van der Waals surface area contributed by atoms with Crippen molar-refractivity contribution in [1.82, 2.24) is 5.16 Å². The average molecular weight is 285 g/mol. The van der Waals surface area contributed by atoms with Gasteiger partial charge < -0.3 is 9.84 Å². The van der Waals surface area contributed by atoms with Crippen LogP contribution in [0.2, 0.25) is 0 Å². The Morgan fingerprint density at radius 3 is 2.63 bits per heavy atom. The van der Waals surface area contributed by atoms with Gasteiger partial charge in [0.25, 0.3) is 5.91 Å². The van der Waals surface area contributed by atoms with Crippen LogP contribution in [-0.4, -0.2) is 19.5 Å². The Hall–Kier alpha value is -2.26. The number of nitrogens with two attached hydrogens (primary N) is 1. The minimum atomic E-state index is -3.99. The van der Waals surface area contributed by atoms with Gasteiger partial charge in [-0.25, -0.2) is 17.9 Å². The maximum atomic E-state index is 13.6. The number of nitrogens with zero attached hydrogens (tertiary/aromatic N) is 1. The molecule has 9 heteroatoms. The monoisotopic (exact) mass is 285 g/mol. The quantitative estimate of drug-likeness (QED) is 0.861. The average Bonchev–Trinajstić information content (AvgIpc) is 2.84. The van der Waals surface area contributed by atoms with E-state index in [9.17, 15) is 17.6 Å². The van der Waals surface area contributed by atoms with E-state index < -0.39 is 21.7 Å². The molecular weight excluding hydrogens is 277 g/mol. The normalized spacial score (nSPS) is 11.3. The molecular formula is C10H8FN3O4S. The fourth-order valence-electron chi connectivity index (χ4n) is 1.29. The molecule has 0 aliphatic carbocycles. The molecule has 0 unspecified atom stereocenters. The van der Waals surface area contributed by atoms with Gasteiger partial charge in [-0.05, 0) is 18.2 Å². The number of benzene rings is 1. The van der Waals surface area contributed by atoms with Gasteiger partial charge >= 0.3 is 0 Å². The van der Waals surface area contributed by atoms with E-state index >= 15 is 0 Å². The molecule has 1 aromatic carbocycles. The number of aromatic nitrogens is 1. The number of hydrogen-bond donors (Lipinski definition) is 2. The summed E-state index contributed by atoms with van der Waals surface area (Å²) in [6.07, 6.45) is 1.19. The Morgan fingerprint density at radius 1 is 1.37 bits per heavy atom. The zero-order chi connectivity index (χ0) is 14.0. The van der Waals surface area contributed by atoms with Crippen molar-refractivity contribution in [2.75, 3.05) is 5.32 Å². The number of anilines is 1. The third-order valence-electron chi connectivity index (χ3n) is 2.19. The van der Waals surface area contributed by atoms with E-state index in [-0.39, 0.29) is 16.3 Å². The van der Waals surface area contributed by atoms with Gasteiger partial charge in [0.1, 0.15) is 12.1 Å². The first-order valence-corrected chi connectivity index (χ1v) is 6.46. The molecule has 1 amide bonds. The maximum absolute atomic E-state index is 13.6. The number of halogens is 1. The first-order chi connectivity index (χ1) is 8.88. The zero-order valence-corrected chi connectivity index (χ0v) is 10.1. The van der Waals surface area contributed by atoms with Gasteiger partial charge in [-0.2, -0.15) is 0 Å². The lowest BCUT2D eigenvalue weighted by molar-refractivity contribution is 0.101. The van der Waals surface area contributed by atoms with Crippen molar-refractivity contribution >= 4 is 21.6 Å². The molecule has 0 atom stereocenters. The molecule has 0 aliphatic heterocycles. The highest BCUT2D eigenvalue weighted by Gasteiger charge is 2.15. The Morgan fingerprint density at radius 2 is 2.11 bits per heavy atom. The topological polar surface area (TPSA) is 115 Å². The lowest BCUT2D eigenvalue weighted by Crippen LogP contribution is -2.15. The molecule has 0 aliphatic rings. The molecule has 1 heterocycles. The van der Waals surface area contributed by atoms with Crippen LogP contribution in [0.3, 0.4) is 0 Å². The Labute approximate surface area is 107 Å². The third kappa shape index (κ3) is 2.95. The molecule has 3 N–H and O–H groups in total. The molecule has 0 fully saturated rings. The van der Waals surface area contributed by atoms with E-state index in [0.29, 0.717) is 6.07 Å². The molecule has 7 nitrogen and oxygen atoms in total. The predicted molar refractivity (Wildman–Crippen MR) is 62.2 cm³/mol. The summed E-state index contributed by atoms with van der Waals surface area (Å²) in [6, 6.07) is 4.18. The number of carbonyl (C=O) groups excluding carboxylic acids is 1. The second-order valence-corrected chi connectivity index (χ2v) is 5.09. The van der Waals surface area contributed by atoms with E-state index in [1.165, 1.54) is 12.3 Å². The van der Waals surface area contributed by atoms with Crippen molar-refractivity contribution in [2.45, 2.75) is 4.90 Å². The van der Waals surface area contributed by atoms with Crippen molar-refractivity contribution in [1.29, 1.82) is 0 Å². The van der Waals surface area contributed by atoms with Gasteiger partial charge in [0.05, 0.1) is 10.6 Å². The van der Waals surface area contributed by atoms with Crippen LogP contribution in [-0.2, 0) is 10.0 Å². The summed E-state index contributed by atoms with van der Waals surface area (Å²) in [5, 5.41) is 10.4. The number of nitrogens with one attached hydrogen (secondary N) is 1. The Kier molecular flexibility index (Phi) is 3.32. The number of sulfonamides is 1. The number of hydrogen-bond acceptors (Lipinski definition) is 5. The van der Waals surface area contributed by atoms with Crippen LogP contribution >= 0.6 is 0 Å². The molecule has 1 aromatic heterocycles. The third-order valence-corrected chi connectivity index (χ3v) is 3.10. The summed E-state index contributed by atoms with van der Waals surface area (Å²) >= 11 is 0. The van der Waals surface area contributed by atoms with Crippen LogP contribution in [0, 0.1) is 5.82 Å².